The van der Waals surface area contributed by atoms with Crippen molar-refractivity contribution in [1.29, 1.82) is 0 Å². The lowest BCUT2D eigenvalue weighted by Crippen LogP contribution is -2.28. The van der Waals surface area contributed by atoms with Crippen LogP contribution < -0.4 is 10.1 Å². The summed E-state index contributed by atoms with van der Waals surface area (Å²) in [7, 11) is 0. The molecule has 1 saturated heterocycles. The first kappa shape index (κ1) is 27.6. The highest BCUT2D eigenvalue weighted by Crippen LogP contribution is 2.34. The highest BCUT2D eigenvalue weighted by molar-refractivity contribution is 6.03. The van der Waals surface area contributed by atoms with Crippen LogP contribution in [0.3, 0.4) is 0 Å². The Morgan fingerprint density at radius 1 is 0.902 bits per heavy atom. The Balaban J connectivity index is 1.34. The molecule has 2 aromatic heterocycles. The second-order valence-corrected chi connectivity index (χ2v) is 8.87. The fourth-order valence-corrected chi connectivity index (χ4v) is 4.14. The molecule has 5 rings (SSSR count). The van der Waals surface area contributed by atoms with Crippen LogP contribution >= 0.6 is 0 Å². The Kier molecular flexibility index (Phi) is 7.34. The third-order valence-corrected chi connectivity index (χ3v) is 6.06. The zero-order valence-electron chi connectivity index (χ0n) is 20.8. The molecule has 0 saturated carbocycles. The Bertz CT molecular complexity index is 1630. The molecular weight excluding hydrogens is 558 g/mol. The molecule has 4 aromatic rings. The van der Waals surface area contributed by atoms with Crippen molar-refractivity contribution in [2.24, 2.45) is 0 Å². The van der Waals surface area contributed by atoms with E-state index in [0.717, 1.165) is 31.0 Å². The number of hydrogen-bond donors (Lipinski definition) is 1. The summed E-state index contributed by atoms with van der Waals surface area (Å²) in [6.07, 6.45) is -2.07. The van der Waals surface area contributed by atoms with Gasteiger partial charge in [0.05, 0.1) is 5.69 Å². The van der Waals surface area contributed by atoms with E-state index in [1.165, 1.54) is 24.4 Å². The van der Waals surface area contributed by atoms with E-state index in [1.807, 2.05) is 0 Å². The lowest BCUT2D eigenvalue weighted by atomic mass is 10.2. The van der Waals surface area contributed by atoms with Gasteiger partial charge in [0.1, 0.15) is 11.4 Å². The van der Waals surface area contributed by atoms with Crippen LogP contribution in [0.15, 0.2) is 54.7 Å². The number of hydrogen-bond acceptors (Lipinski definition) is 6. The van der Waals surface area contributed by atoms with E-state index in [4.69, 9.17) is 4.74 Å². The molecule has 9 nitrogen and oxygen atoms in total. The van der Waals surface area contributed by atoms with Crippen molar-refractivity contribution in [2.75, 3.05) is 18.4 Å². The molecule has 15 heteroatoms. The summed E-state index contributed by atoms with van der Waals surface area (Å²) in [5.74, 6) is -5.57. The summed E-state index contributed by atoms with van der Waals surface area (Å²) in [5.41, 5.74) is -3.49. The highest BCUT2D eigenvalue weighted by Gasteiger charge is 2.42. The molecule has 0 radical (unpaired) electrons. The minimum absolute atomic E-state index is 0.113. The Hall–Kier alpha value is -4.95. The molecule has 0 unspecified atom stereocenters. The third-order valence-electron chi connectivity index (χ3n) is 6.06. The summed E-state index contributed by atoms with van der Waals surface area (Å²) >= 11 is 0. The molecule has 1 fully saturated rings. The zero-order valence-corrected chi connectivity index (χ0v) is 20.8. The van der Waals surface area contributed by atoms with Gasteiger partial charge in [-0.15, -0.1) is 5.10 Å². The largest absolute Gasteiger partial charge is 0.454 e. The van der Waals surface area contributed by atoms with Gasteiger partial charge in [-0.1, -0.05) is 5.21 Å². The first-order chi connectivity index (χ1) is 19.5. The summed E-state index contributed by atoms with van der Waals surface area (Å²) < 4.78 is 88.9. The van der Waals surface area contributed by atoms with Gasteiger partial charge in [0.25, 0.3) is 11.8 Å². The fourth-order valence-electron chi connectivity index (χ4n) is 4.14. The number of rotatable bonds is 6. The topological polar surface area (TPSA) is 102 Å². The van der Waals surface area contributed by atoms with Gasteiger partial charge in [0.2, 0.25) is 0 Å². The van der Waals surface area contributed by atoms with Gasteiger partial charge in [-0.3, -0.25) is 14.6 Å². The number of nitrogens with one attached hydrogen (secondary N) is 1. The monoisotopic (exact) mass is 576 g/mol. The van der Waals surface area contributed by atoms with Gasteiger partial charge in [-0.2, -0.15) is 13.2 Å². The molecule has 2 aromatic carbocycles. The molecule has 2 amide bonds. The van der Waals surface area contributed by atoms with Gasteiger partial charge in [-0.05, 0) is 43.2 Å². The number of ether oxygens (including phenoxy) is 1. The molecule has 1 aliphatic heterocycles. The van der Waals surface area contributed by atoms with E-state index < -0.39 is 46.6 Å². The van der Waals surface area contributed by atoms with Crippen LogP contribution in [0.25, 0.3) is 5.69 Å². The summed E-state index contributed by atoms with van der Waals surface area (Å²) in [6.45, 7) is 1.22. The number of nitrogens with zero attached hydrogens (tertiary/aromatic N) is 5. The maximum Gasteiger partial charge on any atom is 0.435 e. The molecule has 1 aliphatic rings. The van der Waals surface area contributed by atoms with Crippen LogP contribution in [-0.2, 0) is 6.18 Å². The Morgan fingerprint density at radius 2 is 1.66 bits per heavy atom. The average molecular weight is 576 g/mol. The summed E-state index contributed by atoms with van der Waals surface area (Å²) in [5, 5.41) is 8.64. The van der Waals surface area contributed by atoms with Crippen molar-refractivity contribution < 1.29 is 40.7 Å². The third kappa shape index (κ3) is 5.83. The average Bonchev–Trinajstić information content (AvgIpc) is 3.62. The van der Waals surface area contributed by atoms with E-state index in [-0.39, 0.29) is 33.5 Å². The molecule has 0 aliphatic carbocycles. The van der Waals surface area contributed by atoms with Crippen LogP contribution in [-0.4, -0.2) is 49.8 Å². The molecule has 212 valence electrons. The van der Waals surface area contributed by atoms with Gasteiger partial charge in [-0.25, -0.2) is 17.9 Å². The Labute approximate surface area is 227 Å². The quantitative estimate of drug-likeness (QED) is 0.310. The van der Waals surface area contributed by atoms with Crippen molar-refractivity contribution in [3.05, 3.63) is 89.3 Å². The van der Waals surface area contributed by atoms with Gasteiger partial charge in [0.15, 0.2) is 34.6 Å². The number of pyridine rings is 1. The molecule has 0 atom stereocenters. The zero-order chi connectivity index (χ0) is 29.3. The second kappa shape index (κ2) is 10.9. The maximum absolute atomic E-state index is 14.8. The van der Waals surface area contributed by atoms with Crippen molar-refractivity contribution >= 4 is 17.5 Å². The van der Waals surface area contributed by atoms with E-state index >= 15 is 0 Å². The lowest BCUT2D eigenvalue weighted by molar-refractivity contribution is -0.143. The van der Waals surface area contributed by atoms with E-state index in [1.54, 1.807) is 4.90 Å². The lowest BCUT2D eigenvalue weighted by Gasteiger charge is -2.15. The molecular formula is C26H18F6N6O3. The second-order valence-electron chi connectivity index (χ2n) is 8.87. The number of anilines is 1. The molecule has 0 bridgehead atoms. The number of halogens is 6. The first-order valence-electron chi connectivity index (χ1n) is 12.0. The van der Waals surface area contributed by atoms with Crippen LogP contribution in [0.5, 0.6) is 11.5 Å². The maximum atomic E-state index is 14.8. The van der Waals surface area contributed by atoms with Gasteiger partial charge >= 0.3 is 6.18 Å². The standard InChI is InChI=1S/C26H18F6N6O3/c27-17-5-4-15(12-18(17)28)38-23(26(30,31)32)22(35-36-38)24(39)34-14-3-6-21(19(29)11-14)41-16-7-8-33-20(13-16)25(40)37-9-1-2-10-37/h3-8,11-13H,1-2,9-10H2,(H,34,39). The number of benzene rings is 2. The number of aromatic nitrogens is 4. The number of alkyl halides is 3. The fraction of sp³-hybridized carbons (Fsp3) is 0.192. The number of carbonyl (C=O) groups excluding carboxylic acids is 2. The van der Waals surface area contributed by atoms with Gasteiger partial charge < -0.3 is 15.0 Å². The van der Waals surface area contributed by atoms with Crippen molar-refractivity contribution in [3.63, 3.8) is 0 Å². The van der Waals surface area contributed by atoms with E-state index in [0.29, 0.717) is 25.2 Å². The Morgan fingerprint density at radius 3 is 2.34 bits per heavy atom. The van der Waals surface area contributed by atoms with E-state index in [9.17, 15) is 35.9 Å². The number of likely N-dealkylation sites (tertiary alicyclic amines) is 1. The van der Waals surface area contributed by atoms with Crippen LogP contribution in [0.2, 0.25) is 0 Å². The number of carbonyl (C=O) groups is 2. The normalized spacial score (nSPS) is 13.4. The summed E-state index contributed by atoms with van der Waals surface area (Å²) in [6, 6.07) is 7.73. The highest BCUT2D eigenvalue weighted by atomic mass is 19.4. The van der Waals surface area contributed by atoms with Gasteiger partial charge in [0, 0.05) is 43.2 Å². The van der Waals surface area contributed by atoms with E-state index in [2.05, 4.69) is 20.6 Å². The predicted octanol–water partition coefficient (Wildman–Crippen LogP) is 5.38. The van der Waals surface area contributed by atoms with Crippen LogP contribution in [0.4, 0.5) is 32.0 Å². The number of amides is 2. The molecule has 1 N–H and O–H groups in total. The minimum Gasteiger partial charge on any atom is -0.454 e. The summed E-state index contributed by atoms with van der Waals surface area (Å²) in [4.78, 5) is 30.9. The van der Waals surface area contributed by atoms with Crippen molar-refractivity contribution in [2.45, 2.75) is 19.0 Å². The molecule has 0 spiro atoms. The predicted molar refractivity (Wildman–Crippen MR) is 130 cm³/mol. The molecule has 3 heterocycles. The molecule has 41 heavy (non-hydrogen) atoms. The minimum atomic E-state index is -5.18. The van der Waals surface area contributed by atoms with Crippen LogP contribution in [0, 0.1) is 17.5 Å². The smallest absolute Gasteiger partial charge is 0.435 e. The SMILES string of the molecule is O=C(Nc1ccc(Oc2ccnc(C(=O)N3CCCC3)c2)c(F)c1)c1nnn(-c2ccc(F)c(F)c2)c1C(F)(F)F. The van der Waals surface area contributed by atoms with Crippen molar-refractivity contribution in [1.82, 2.24) is 24.9 Å². The van der Waals surface area contributed by atoms with Crippen LogP contribution in [0.1, 0.15) is 39.5 Å². The van der Waals surface area contributed by atoms with Crippen molar-refractivity contribution in [3.8, 4) is 17.2 Å². The first-order valence-corrected chi connectivity index (χ1v) is 12.0.